The Kier molecular flexibility index (Phi) is 5.84. The van der Waals surface area contributed by atoms with Crippen molar-refractivity contribution in [2.24, 2.45) is 4.99 Å². The number of carbonyl (C=O) groups is 1. The molecule has 31 heavy (non-hydrogen) atoms. The molecule has 1 aliphatic heterocycles. The van der Waals surface area contributed by atoms with E-state index in [4.69, 9.17) is 16.6 Å². The molecule has 0 fully saturated rings. The van der Waals surface area contributed by atoms with Crippen LogP contribution in [0.15, 0.2) is 71.7 Å². The third-order valence-electron chi connectivity index (χ3n) is 5.66. The van der Waals surface area contributed by atoms with E-state index in [-0.39, 0.29) is 11.7 Å². The largest absolute Gasteiger partial charge is 0.508 e. The van der Waals surface area contributed by atoms with Crippen molar-refractivity contribution in [3.05, 3.63) is 94.0 Å². The lowest BCUT2D eigenvalue weighted by Gasteiger charge is -2.21. The Balaban J connectivity index is 1.83. The van der Waals surface area contributed by atoms with Crippen LogP contribution in [0, 0.1) is 0 Å². The number of fused-ring (bicyclic) bond motifs is 1. The first-order chi connectivity index (χ1) is 14.8. The quantitative estimate of drug-likeness (QED) is 0.583. The zero-order valence-electron chi connectivity index (χ0n) is 17.8. The van der Waals surface area contributed by atoms with E-state index in [9.17, 15) is 9.90 Å². The number of hydrogen-bond donors (Lipinski definition) is 1. The summed E-state index contributed by atoms with van der Waals surface area (Å²) < 4.78 is 0. The molecule has 3 aromatic rings. The molecule has 0 radical (unpaired) electrons. The number of likely N-dealkylation sites (N-methyl/N-ethyl adjacent to an activating group) is 1. The molecule has 3 aromatic carbocycles. The minimum atomic E-state index is -0.567. The lowest BCUT2D eigenvalue weighted by molar-refractivity contribution is -0.119. The minimum absolute atomic E-state index is 0.0627. The second kappa shape index (κ2) is 8.56. The Bertz CT molecular complexity index is 1150. The second-order valence-electron chi connectivity index (χ2n) is 8.20. The van der Waals surface area contributed by atoms with E-state index >= 15 is 0 Å². The van der Waals surface area contributed by atoms with Gasteiger partial charge < -0.3 is 10.0 Å². The number of benzodiazepines with no additional fused rings is 1. The summed E-state index contributed by atoms with van der Waals surface area (Å²) in [6.45, 7) is 4.32. The first-order valence-electron chi connectivity index (χ1n) is 10.4. The summed E-state index contributed by atoms with van der Waals surface area (Å²) in [5, 5.41) is 10.3. The van der Waals surface area contributed by atoms with Gasteiger partial charge in [-0.3, -0.25) is 9.79 Å². The van der Waals surface area contributed by atoms with Gasteiger partial charge in [-0.1, -0.05) is 49.7 Å². The number of phenols is 1. The molecule has 1 atom stereocenters. The molecule has 1 unspecified atom stereocenters. The number of phenolic OH excluding ortho intramolecular Hbond substituents is 1. The molecular weight excluding hydrogens is 408 g/mol. The highest BCUT2D eigenvalue weighted by Crippen LogP contribution is 2.31. The topological polar surface area (TPSA) is 52.9 Å². The second-order valence-corrected chi connectivity index (χ2v) is 8.64. The molecule has 0 spiro atoms. The lowest BCUT2D eigenvalue weighted by atomic mass is 9.97. The standard InChI is InChI=1S/C26H25ClN2O2/c1-16(2)19-6-4-5-17(13-19)14-23-26(31)29(3)24-12-9-20(27)15-22(24)25(28-23)18-7-10-21(30)11-8-18/h4-13,15-16,23,30H,14H2,1-3H3. The van der Waals surface area contributed by atoms with Crippen molar-refractivity contribution in [2.75, 3.05) is 11.9 Å². The van der Waals surface area contributed by atoms with Crippen molar-refractivity contribution < 1.29 is 9.90 Å². The van der Waals surface area contributed by atoms with Crippen molar-refractivity contribution >= 4 is 28.9 Å². The Morgan fingerprint density at radius 3 is 2.52 bits per heavy atom. The molecule has 0 aromatic heterocycles. The molecule has 4 nitrogen and oxygen atoms in total. The molecule has 5 heteroatoms. The predicted octanol–water partition coefficient (Wildman–Crippen LogP) is 5.59. The maximum atomic E-state index is 13.4. The van der Waals surface area contributed by atoms with E-state index in [0.29, 0.717) is 23.1 Å². The number of rotatable bonds is 4. The average Bonchev–Trinajstić information content (AvgIpc) is 2.85. The number of anilines is 1. The molecule has 1 N–H and O–H groups in total. The van der Waals surface area contributed by atoms with E-state index in [0.717, 1.165) is 22.4 Å². The summed E-state index contributed by atoms with van der Waals surface area (Å²) in [7, 11) is 1.78. The molecule has 0 bridgehead atoms. The van der Waals surface area contributed by atoms with Crippen LogP contribution in [0.5, 0.6) is 5.75 Å². The molecule has 4 rings (SSSR count). The molecule has 0 aliphatic carbocycles. The van der Waals surface area contributed by atoms with Crippen molar-refractivity contribution in [1.29, 1.82) is 0 Å². The van der Waals surface area contributed by atoms with Crippen molar-refractivity contribution in [3.8, 4) is 5.75 Å². The molecule has 1 aliphatic rings. The molecule has 1 amide bonds. The Hall–Kier alpha value is -3.11. The number of hydrogen-bond acceptors (Lipinski definition) is 3. The van der Waals surface area contributed by atoms with Crippen LogP contribution in [-0.4, -0.2) is 29.8 Å². The van der Waals surface area contributed by atoms with Crippen LogP contribution in [0.2, 0.25) is 5.02 Å². The number of halogens is 1. The van der Waals surface area contributed by atoms with Crippen LogP contribution in [0.3, 0.4) is 0 Å². The highest BCUT2D eigenvalue weighted by molar-refractivity contribution is 6.32. The lowest BCUT2D eigenvalue weighted by Crippen LogP contribution is -2.36. The number of benzene rings is 3. The number of aromatic hydroxyl groups is 1. The van der Waals surface area contributed by atoms with Crippen LogP contribution < -0.4 is 4.90 Å². The molecular formula is C26H25ClN2O2. The van der Waals surface area contributed by atoms with Gasteiger partial charge in [-0.25, -0.2) is 0 Å². The van der Waals surface area contributed by atoms with Crippen LogP contribution >= 0.6 is 11.6 Å². The van der Waals surface area contributed by atoms with Crippen LogP contribution in [-0.2, 0) is 11.2 Å². The maximum absolute atomic E-state index is 13.4. The summed E-state index contributed by atoms with van der Waals surface area (Å²) >= 11 is 6.31. The number of aliphatic imine (C=N–C) groups is 1. The fourth-order valence-electron chi connectivity index (χ4n) is 3.90. The summed E-state index contributed by atoms with van der Waals surface area (Å²) in [6, 6.07) is 20.1. The van der Waals surface area contributed by atoms with Gasteiger partial charge in [0.2, 0.25) is 0 Å². The van der Waals surface area contributed by atoms with Gasteiger partial charge in [0, 0.05) is 29.6 Å². The van der Waals surface area contributed by atoms with Crippen LogP contribution in [0.4, 0.5) is 5.69 Å². The molecule has 0 saturated carbocycles. The molecule has 158 valence electrons. The fourth-order valence-corrected chi connectivity index (χ4v) is 4.07. The highest BCUT2D eigenvalue weighted by atomic mass is 35.5. The first-order valence-corrected chi connectivity index (χ1v) is 10.7. The summed E-state index contributed by atoms with van der Waals surface area (Å²) in [4.78, 5) is 20.0. The number of nitrogens with zero attached hydrogens (tertiary/aromatic N) is 2. The predicted molar refractivity (Wildman–Crippen MR) is 127 cm³/mol. The zero-order valence-corrected chi connectivity index (χ0v) is 18.6. The number of carbonyl (C=O) groups excluding carboxylic acids is 1. The van der Waals surface area contributed by atoms with Gasteiger partial charge in [0.15, 0.2) is 0 Å². The van der Waals surface area contributed by atoms with Gasteiger partial charge >= 0.3 is 0 Å². The van der Waals surface area contributed by atoms with Crippen molar-refractivity contribution in [3.63, 3.8) is 0 Å². The summed E-state index contributed by atoms with van der Waals surface area (Å²) in [6.07, 6.45) is 0.507. The molecule has 0 saturated heterocycles. The van der Waals surface area contributed by atoms with Gasteiger partial charge in [-0.05, 0) is 59.5 Å². The summed E-state index contributed by atoms with van der Waals surface area (Å²) in [5.74, 6) is 0.529. The van der Waals surface area contributed by atoms with E-state index < -0.39 is 6.04 Å². The third-order valence-corrected chi connectivity index (χ3v) is 5.90. The van der Waals surface area contributed by atoms with E-state index in [1.165, 1.54) is 5.56 Å². The maximum Gasteiger partial charge on any atom is 0.251 e. The fraction of sp³-hybridized carbons (Fsp3) is 0.231. The highest BCUT2D eigenvalue weighted by Gasteiger charge is 2.30. The smallest absolute Gasteiger partial charge is 0.251 e. The van der Waals surface area contributed by atoms with Crippen molar-refractivity contribution in [2.45, 2.75) is 32.2 Å². The van der Waals surface area contributed by atoms with E-state index in [1.54, 1.807) is 30.1 Å². The van der Waals surface area contributed by atoms with Gasteiger partial charge in [0.05, 0.1) is 11.4 Å². The number of amides is 1. The Morgan fingerprint density at radius 1 is 1.06 bits per heavy atom. The van der Waals surface area contributed by atoms with Crippen LogP contribution in [0.25, 0.3) is 0 Å². The zero-order chi connectivity index (χ0) is 22.1. The van der Waals surface area contributed by atoms with Crippen LogP contribution in [0.1, 0.15) is 42.0 Å². The monoisotopic (exact) mass is 432 g/mol. The van der Waals surface area contributed by atoms with Gasteiger partial charge in [-0.15, -0.1) is 0 Å². The average molecular weight is 433 g/mol. The summed E-state index contributed by atoms with van der Waals surface area (Å²) in [5.41, 5.74) is 5.40. The Morgan fingerprint density at radius 2 is 1.81 bits per heavy atom. The van der Waals surface area contributed by atoms with E-state index in [1.807, 2.05) is 36.4 Å². The van der Waals surface area contributed by atoms with Gasteiger partial charge in [0.25, 0.3) is 5.91 Å². The van der Waals surface area contributed by atoms with Gasteiger partial charge in [0.1, 0.15) is 11.8 Å². The SMILES string of the molecule is CC(C)c1cccc(CC2N=C(c3ccc(O)cc3)c3cc(Cl)ccc3N(C)C2=O)c1. The van der Waals surface area contributed by atoms with Crippen molar-refractivity contribution in [1.82, 2.24) is 0 Å². The normalized spacial score (nSPS) is 16.2. The molecule has 1 heterocycles. The first kappa shape index (κ1) is 21.1. The van der Waals surface area contributed by atoms with E-state index in [2.05, 4.69) is 26.0 Å². The Labute approximate surface area is 187 Å². The third kappa shape index (κ3) is 4.35. The van der Waals surface area contributed by atoms with Gasteiger partial charge in [-0.2, -0.15) is 0 Å². The minimum Gasteiger partial charge on any atom is -0.508 e.